The zero-order valence-corrected chi connectivity index (χ0v) is 9.71. The van der Waals surface area contributed by atoms with E-state index in [1.807, 2.05) is 0 Å². The Kier molecular flexibility index (Phi) is 4.24. The first-order valence-corrected chi connectivity index (χ1v) is 5.93. The Hall–Kier alpha value is -0.0400. The number of nitrogens with zero attached hydrogens (tertiary/aromatic N) is 1. The fraction of sp³-hybridized carbons (Fsp3) is 1.00. The molecule has 1 fully saturated rings. The van der Waals surface area contributed by atoms with Crippen molar-refractivity contribution in [2.75, 3.05) is 13.1 Å². The van der Waals surface area contributed by atoms with Crippen LogP contribution in [-0.4, -0.2) is 24.0 Å². The molecule has 1 heteroatoms. The van der Waals surface area contributed by atoms with E-state index in [1.54, 1.807) is 0 Å². The molecule has 0 radical (unpaired) electrons. The van der Waals surface area contributed by atoms with E-state index in [2.05, 4.69) is 32.6 Å². The van der Waals surface area contributed by atoms with Gasteiger partial charge in [-0.15, -0.1) is 0 Å². The second-order valence-corrected chi connectivity index (χ2v) is 4.69. The van der Waals surface area contributed by atoms with Crippen LogP contribution in [0, 0.1) is 11.8 Å². The summed E-state index contributed by atoms with van der Waals surface area (Å²) in [7, 11) is 0. The summed E-state index contributed by atoms with van der Waals surface area (Å²) in [6.07, 6.45) is 4.08. The lowest BCUT2D eigenvalue weighted by molar-refractivity contribution is 0.0919. The molecular weight excluding hydrogens is 158 g/mol. The molecule has 0 aromatic carbocycles. The van der Waals surface area contributed by atoms with Gasteiger partial charge in [0.1, 0.15) is 0 Å². The average Bonchev–Trinajstić information content (AvgIpc) is 2.16. The Labute approximate surface area is 83.5 Å². The third-order valence-corrected chi connectivity index (χ3v) is 3.85. The monoisotopic (exact) mass is 183 g/mol. The maximum absolute atomic E-state index is 2.66. The van der Waals surface area contributed by atoms with E-state index >= 15 is 0 Å². The normalized spacial score (nSPS) is 33.2. The molecule has 0 aliphatic carbocycles. The molecule has 0 N–H and O–H groups in total. The van der Waals surface area contributed by atoms with Gasteiger partial charge in [-0.25, -0.2) is 0 Å². The van der Waals surface area contributed by atoms with Crippen molar-refractivity contribution in [1.29, 1.82) is 0 Å². The van der Waals surface area contributed by atoms with Crippen LogP contribution in [0.2, 0.25) is 0 Å². The summed E-state index contributed by atoms with van der Waals surface area (Å²) in [5, 5.41) is 0. The van der Waals surface area contributed by atoms with Gasteiger partial charge in [0.25, 0.3) is 0 Å². The Morgan fingerprint density at radius 3 is 2.54 bits per heavy atom. The van der Waals surface area contributed by atoms with E-state index < -0.39 is 0 Å². The van der Waals surface area contributed by atoms with Crippen LogP contribution in [0.15, 0.2) is 0 Å². The van der Waals surface area contributed by atoms with Crippen LogP contribution in [0.3, 0.4) is 0 Å². The molecule has 1 saturated heterocycles. The maximum atomic E-state index is 2.66. The van der Waals surface area contributed by atoms with Crippen LogP contribution in [-0.2, 0) is 0 Å². The van der Waals surface area contributed by atoms with Crippen LogP contribution in [0.4, 0.5) is 0 Å². The van der Waals surface area contributed by atoms with Crippen LogP contribution in [0.5, 0.6) is 0 Å². The third-order valence-electron chi connectivity index (χ3n) is 3.85. The molecule has 13 heavy (non-hydrogen) atoms. The maximum Gasteiger partial charge on any atom is 0.00644 e. The fourth-order valence-electron chi connectivity index (χ4n) is 2.49. The van der Waals surface area contributed by atoms with Crippen molar-refractivity contribution in [3.8, 4) is 0 Å². The largest absolute Gasteiger partial charge is 0.300 e. The number of rotatable bonds is 3. The molecule has 1 aliphatic rings. The van der Waals surface area contributed by atoms with Crippen LogP contribution in [0.25, 0.3) is 0 Å². The van der Waals surface area contributed by atoms with Crippen molar-refractivity contribution in [3.05, 3.63) is 0 Å². The van der Waals surface area contributed by atoms with Crippen molar-refractivity contribution in [1.82, 2.24) is 4.90 Å². The summed E-state index contributed by atoms with van der Waals surface area (Å²) in [5.41, 5.74) is 0. The predicted octanol–water partition coefficient (Wildman–Crippen LogP) is 3.15. The van der Waals surface area contributed by atoms with Crippen molar-refractivity contribution in [3.63, 3.8) is 0 Å². The predicted molar refractivity (Wildman–Crippen MR) is 58.9 cm³/mol. The Bertz CT molecular complexity index is 144. The van der Waals surface area contributed by atoms with Crippen LogP contribution in [0.1, 0.15) is 47.0 Å². The van der Waals surface area contributed by atoms with Crippen molar-refractivity contribution in [2.24, 2.45) is 11.8 Å². The highest BCUT2D eigenvalue weighted by Crippen LogP contribution is 2.27. The Morgan fingerprint density at radius 1 is 1.38 bits per heavy atom. The molecule has 78 valence electrons. The number of piperidine rings is 1. The molecular formula is C12H25N. The smallest absolute Gasteiger partial charge is 0.00644 e. The van der Waals surface area contributed by atoms with Crippen molar-refractivity contribution in [2.45, 2.75) is 53.0 Å². The van der Waals surface area contributed by atoms with Crippen LogP contribution >= 0.6 is 0 Å². The van der Waals surface area contributed by atoms with Gasteiger partial charge in [-0.1, -0.05) is 27.2 Å². The van der Waals surface area contributed by atoms with E-state index in [0.29, 0.717) is 0 Å². The van der Waals surface area contributed by atoms with E-state index in [4.69, 9.17) is 0 Å². The molecule has 1 heterocycles. The lowest BCUT2D eigenvalue weighted by Crippen LogP contribution is -2.43. The second-order valence-electron chi connectivity index (χ2n) is 4.69. The number of hydrogen-bond acceptors (Lipinski definition) is 1. The summed E-state index contributed by atoms with van der Waals surface area (Å²) >= 11 is 0. The fourth-order valence-corrected chi connectivity index (χ4v) is 2.49. The van der Waals surface area contributed by atoms with Gasteiger partial charge < -0.3 is 4.90 Å². The van der Waals surface area contributed by atoms with Crippen molar-refractivity contribution >= 4 is 0 Å². The zero-order chi connectivity index (χ0) is 9.84. The molecule has 0 amide bonds. The zero-order valence-electron chi connectivity index (χ0n) is 9.71. The molecule has 3 atom stereocenters. The van der Waals surface area contributed by atoms with E-state index in [1.165, 1.54) is 32.4 Å². The Balaban J connectivity index is 2.40. The summed E-state index contributed by atoms with van der Waals surface area (Å²) in [6, 6.07) is 0.792. The SMILES string of the molecule is CCC1CCN(C(C)CC)CC1C. The molecule has 0 bridgehead atoms. The highest BCUT2D eigenvalue weighted by atomic mass is 15.2. The lowest BCUT2D eigenvalue weighted by Gasteiger charge is -2.39. The minimum Gasteiger partial charge on any atom is -0.300 e. The molecule has 1 rings (SSSR count). The first-order valence-electron chi connectivity index (χ1n) is 5.93. The quantitative estimate of drug-likeness (QED) is 0.649. The van der Waals surface area contributed by atoms with Gasteiger partial charge in [-0.05, 0) is 38.1 Å². The van der Waals surface area contributed by atoms with Gasteiger partial charge in [-0.2, -0.15) is 0 Å². The molecule has 3 unspecified atom stereocenters. The standard InChI is InChI=1S/C12H25N/c1-5-11(4)13-8-7-12(6-2)10(3)9-13/h10-12H,5-9H2,1-4H3. The molecule has 0 aromatic heterocycles. The topological polar surface area (TPSA) is 3.24 Å². The summed E-state index contributed by atoms with van der Waals surface area (Å²) in [5.74, 6) is 1.90. The minimum absolute atomic E-state index is 0.792. The van der Waals surface area contributed by atoms with Gasteiger partial charge in [-0.3, -0.25) is 0 Å². The number of hydrogen-bond donors (Lipinski definition) is 0. The van der Waals surface area contributed by atoms with E-state index in [9.17, 15) is 0 Å². The molecule has 1 aliphatic heterocycles. The van der Waals surface area contributed by atoms with Gasteiger partial charge in [0.15, 0.2) is 0 Å². The average molecular weight is 183 g/mol. The first kappa shape index (κ1) is 11.0. The lowest BCUT2D eigenvalue weighted by atomic mass is 9.84. The van der Waals surface area contributed by atoms with Gasteiger partial charge in [0, 0.05) is 12.6 Å². The van der Waals surface area contributed by atoms with E-state index in [-0.39, 0.29) is 0 Å². The van der Waals surface area contributed by atoms with E-state index in [0.717, 1.165) is 17.9 Å². The molecule has 1 nitrogen and oxygen atoms in total. The highest BCUT2D eigenvalue weighted by molar-refractivity contribution is 4.79. The molecule has 0 spiro atoms. The summed E-state index contributed by atoms with van der Waals surface area (Å²) in [4.78, 5) is 2.66. The number of likely N-dealkylation sites (tertiary alicyclic amines) is 1. The highest BCUT2D eigenvalue weighted by Gasteiger charge is 2.26. The van der Waals surface area contributed by atoms with Gasteiger partial charge in [0.05, 0.1) is 0 Å². The second kappa shape index (κ2) is 4.99. The van der Waals surface area contributed by atoms with Crippen molar-refractivity contribution < 1.29 is 0 Å². The van der Waals surface area contributed by atoms with Gasteiger partial charge in [0.2, 0.25) is 0 Å². The third kappa shape index (κ3) is 2.70. The minimum atomic E-state index is 0.792. The molecule has 0 aromatic rings. The summed E-state index contributed by atoms with van der Waals surface area (Å²) in [6.45, 7) is 12.1. The Morgan fingerprint density at radius 2 is 2.08 bits per heavy atom. The summed E-state index contributed by atoms with van der Waals surface area (Å²) < 4.78 is 0. The first-order chi connectivity index (χ1) is 6.19. The molecule has 0 saturated carbocycles. The van der Waals surface area contributed by atoms with Crippen LogP contribution < -0.4 is 0 Å². The van der Waals surface area contributed by atoms with Gasteiger partial charge >= 0.3 is 0 Å².